The summed E-state index contributed by atoms with van der Waals surface area (Å²) in [4.78, 5) is 7.79. The molecule has 1 atom stereocenters. The summed E-state index contributed by atoms with van der Waals surface area (Å²) < 4.78 is 0. The Morgan fingerprint density at radius 3 is 2.50 bits per heavy atom. The maximum Gasteiger partial charge on any atom is 0.120 e. The van der Waals surface area contributed by atoms with E-state index in [1.54, 1.807) is 6.20 Å². The van der Waals surface area contributed by atoms with Crippen LogP contribution in [-0.4, -0.2) is 26.8 Å². The number of rotatable bonds is 2. The van der Waals surface area contributed by atoms with Crippen LogP contribution in [0.25, 0.3) is 0 Å². The van der Waals surface area contributed by atoms with E-state index in [1.807, 2.05) is 6.92 Å². The molecule has 0 aliphatic carbocycles. The van der Waals surface area contributed by atoms with E-state index >= 15 is 0 Å². The summed E-state index contributed by atoms with van der Waals surface area (Å²) in [6.45, 7) is 1.49. The quantitative estimate of drug-likeness (QED) is 0.681. The summed E-state index contributed by atoms with van der Waals surface area (Å²) >= 11 is 0. The first-order valence-electron chi connectivity index (χ1n) is 3.31. The number of nitrogens with zero attached hydrogens (tertiary/aromatic N) is 2. The van der Waals surface area contributed by atoms with Crippen LogP contribution in [0.3, 0.4) is 0 Å². The Labute approximate surface area is 77.7 Å². The van der Waals surface area contributed by atoms with E-state index in [0.29, 0.717) is 5.69 Å². The molecule has 1 aromatic rings. The number of aromatic nitrogens is 2. The van der Waals surface area contributed by atoms with Gasteiger partial charge in [0.1, 0.15) is 6.10 Å². The monoisotopic (exact) mass is 188 g/mol. The summed E-state index contributed by atoms with van der Waals surface area (Å²) in [7, 11) is 0. The van der Waals surface area contributed by atoms with Crippen molar-refractivity contribution < 1.29 is 10.2 Å². The zero-order chi connectivity index (χ0) is 8.27. The van der Waals surface area contributed by atoms with E-state index in [9.17, 15) is 0 Å². The molecule has 0 spiro atoms. The predicted octanol–water partition coefficient (Wildman–Crippen LogP) is -0.0765. The van der Waals surface area contributed by atoms with Crippen molar-refractivity contribution in [3.8, 4) is 0 Å². The minimum atomic E-state index is -0.914. The number of aliphatic hydroxyl groups excluding tert-OH is 2. The molecule has 0 aliphatic rings. The Morgan fingerprint density at radius 2 is 2.08 bits per heavy atom. The van der Waals surface area contributed by atoms with Gasteiger partial charge in [0, 0.05) is 6.20 Å². The van der Waals surface area contributed by atoms with Crippen LogP contribution in [0, 0.1) is 6.92 Å². The van der Waals surface area contributed by atoms with Crippen molar-refractivity contribution in [1.82, 2.24) is 9.97 Å². The van der Waals surface area contributed by atoms with Crippen LogP contribution in [0.1, 0.15) is 17.5 Å². The van der Waals surface area contributed by atoms with Gasteiger partial charge in [0.05, 0.1) is 24.2 Å². The van der Waals surface area contributed by atoms with Crippen LogP contribution in [0.2, 0.25) is 0 Å². The van der Waals surface area contributed by atoms with Crippen molar-refractivity contribution in [1.29, 1.82) is 0 Å². The normalized spacial score (nSPS) is 11.9. The standard InChI is InChI=1S/C7H10N2O2.H2S/c1-5-2-9-6(3-8-5)7(11)4-10;/h2-3,7,10-11H,4H2,1H3;1H2/t7-;/m1./s1. The maximum atomic E-state index is 9.07. The molecular formula is C7H12N2O2S. The lowest BCUT2D eigenvalue weighted by Crippen LogP contribution is -2.05. The Morgan fingerprint density at radius 1 is 1.42 bits per heavy atom. The van der Waals surface area contributed by atoms with E-state index in [1.165, 1.54) is 6.20 Å². The summed E-state index contributed by atoms with van der Waals surface area (Å²) in [5, 5.41) is 17.6. The van der Waals surface area contributed by atoms with Gasteiger partial charge in [-0.25, -0.2) is 0 Å². The Balaban J connectivity index is 0.00000121. The van der Waals surface area contributed by atoms with Gasteiger partial charge in [0.2, 0.25) is 0 Å². The van der Waals surface area contributed by atoms with Crippen LogP contribution < -0.4 is 0 Å². The van der Waals surface area contributed by atoms with Crippen LogP contribution in [0.4, 0.5) is 0 Å². The summed E-state index contributed by atoms with van der Waals surface area (Å²) in [6.07, 6.45) is 2.09. The van der Waals surface area contributed by atoms with Gasteiger partial charge in [0.25, 0.3) is 0 Å². The molecule has 12 heavy (non-hydrogen) atoms. The molecule has 1 aromatic heterocycles. The number of aryl methyl sites for hydroxylation is 1. The zero-order valence-electron chi connectivity index (χ0n) is 6.73. The largest absolute Gasteiger partial charge is 0.393 e. The molecule has 0 radical (unpaired) electrons. The van der Waals surface area contributed by atoms with Crippen LogP contribution >= 0.6 is 13.5 Å². The molecule has 1 heterocycles. The first-order chi connectivity index (χ1) is 5.24. The van der Waals surface area contributed by atoms with Gasteiger partial charge in [-0.15, -0.1) is 0 Å². The minimum absolute atomic E-state index is 0. The predicted molar refractivity (Wildman–Crippen MR) is 49.2 cm³/mol. The van der Waals surface area contributed by atoms with E-state index in [0.717, 1.165) is 5.69 Å². The highest BCUT2D eigenvalue weighted by atomic mass is 32.1. The molecule has 0 aromatic carbocycles. The number of hydrogen-bond donors (Lipinski definition) is 2. The van der Waals surface area contributed by atoms with Gasteiger partial charge >= 0.3 is 0 Å². The van der Waals surface area contributed by atoms with Crippen molar-refractivity contribution in [2.75, 3.05) is 6.61 Å². The molecular weight excluding hydrogens is 176 g/mol. The number of hydrogen-bond acceptors (Lipinski definition) is 4. The highest BCUT2D eigenvalue weighted by Gasteiger charge is 2.06. The molecule has 0 saturated carbocycles. The zero-order valence-corrected chi connectivity index (χ0v) is 7.73. The van der Waals surface area contributed by atoms with Crippen LogP contribution in [0.15, 0.2) is 12.4 Å². The first-order valence-corrected chi connectivity index (χ1v) is 3.31. The highest BCUT2D eigenvalue weighted by Crippen LogP contribution is 2.06. The van der Waals surface area contributed by atoms with Gasteiger partial charge in [0.15, 0.2) is 0 Å². The maximum absolute atomic E-state index is 9.07. The summed E-state index contributed by atoms with van der Waals surface area (Å²) in [5.74, 6) is 0. The van der Waals surface area contributed by atoms with Gasteiger partial charge in [-0.1, -0.05) is 0 Å². The molecule has 2 N–H and O–H groups in total. The van der Waals surface area contributed by atoms with Gasteiger partial charge < -0.3 is 10.2 Å². The fourth-order valence-electron chi connectivity index (χ4n) is 0.668. The molecule has 1 rings (SSSR count). The van der Waals surface area contributed by atoms with Crippen LogP contribution in [-0.2, 0) is 0 Å². The van der Waals surface area contributed by atoms with Gasteiger partial charge in [-0.05, 0) is 6.92 Å². The summed E-state index contributed by atoms with van der Waals surface area (Å²) in [6, 6.07) is 0. The summed E-state index contributed by atoms with van der Waals surface area (Å²) in [5.41, 5.74) is 1.19. The lowest BCUT2D eigenvalue weighted by Gasteiger charge is -2.04. The van der Waals surface area contributed by atoms with Crippen molar-refractivity contribution in [3.63, 3.8) is 0 Å². The minimum Gasteiger partial charge on any atom is -0.393 e. The smallest absolute Gasteiger partial charge is 0.120 e. The first kappa shape index (κ1) is 11.4. The van der Waals surface area contributed by atoms with E-state index in [2.05, 4.69) is 9.97 Å². The van der Waals surface area contributed by atoms with Gasteiger partial charge in [-0.3, -0.25) is 9.97 Å². The van der Waals surface area contributed by atoms with E-state index in [-0.39, 0.29) is 20.1 Å². The number of aliphatic hydroxyl groups is 2. The average molecular weight is 188 g/mol. The molecule has 0 fully saturated rings. The third kappa shape index (κ3) is 2.77. The fourth-order valence-corrected chi connectivity index (χ4v) is 0.668. The van der Waals surface area contributed by atoms with Crippen molar-refractivity contribution in [2.24, 2.45) is 0 Å². The molecule has 68 valence electrons. The van der Waals surface area contributed by atoms with Crippen molar-refractivity contribution in [2.45, 2.75) is 13.0 Å². The molecule has 0 unspecified atom stereocenters. The van der Waals surface area contributed by atoms with Crippen molar-refractivity contribution in [3.05, 3.63) is 23.8 Å². The highest BCUT2D eigenvalue weighted by molar-refractivity contribution is 7.59. The third-order valence-electron chi connectivity index (χ3n) is 1.32. The van der Waals surface area contributed by atoms with E-state index < -0.39 is 6.10 Å². The molecule has 0 saturated heterocycles. The SMILES string of the molecule is Cc1cnc([C@H](O)CO)cn1.S. The molecule has 0 bridgehead atoms. The Kier molecular flexibility index (Phi) is 4.80. The van der Waals surface area contributed by atoms with Crippen LogP contribution in [0.5, 0.6) is 0 Å². The molecule has 0 aliphatic heterocycles. The van der Waals surface area contributed by atoms with Crippen molar-refractivity contribution >= 4 is 13.5 Å². The second-order valence-electron chi connectivity index (χ2n) is 2.28. The Bertz CT molecular complexity index is 227. The molecule has 5 heteroatoms. The topological polar surface area (TPSA) is 66.2 Å². The second-order valence-corrected chi connectivity index (χ2v) is 2.28. The molecule has 0 amide bonds. The average Bonchev–Trinajstić information content (AvgIpc) is 2.05. The second kappa shape index (κ2) is 5.08. The Hall–Kier alpha value is -0.650. The lowest BCUT2D eigenvalue weighted by molar-refractivity contribution is 0.0919. The third-order valence-corrected chi connectivity index (χ3v) is 1.32. The van der Waals surface area contributed by atoms with Gasteiger partial charge in [-0.2, -0.15) is 13.5 Å². The molecule has 4 nitrogen and oxygen atoms in total. The lowest BCUT2D eigenvalue weighted by atomic mass is 10.3. The fraction of sp³-hybridized carbons (Fsp3) is 0.429. The van der Waals surface area contributed by atoms with E-state index in [4.69, 9.17) is 10.2 Å².